The van der Waals surface area contributed by atoms with E-state index in [2.05, 4.69) is 83.2 Å². The molecule has 2 aliphatic heterocycles. The second kappa shape index (κ2) is 16.3. The molecule has 2 N–H and O–H groups in total. The Hall–Kier alpha value is -6.35. The first-order valence-electron chi connectivity index (χ1n) is 17.6. The van der Waals surface area contributed by atoms with Gasteiger partial charge in [0, 0.05) is 69.2 Å². The molecule has 0 amide bonds. The Morgan fingerprint density at radius 3 is 1.47 bits per heavy atom. The minimum Gasteiger partial charge on any atom is -0.478 e. The third-order valence-electron chi connectivity index (χ3n) is 9.57. The van der Waals surface area contributed by atoms with Gasteiger partial charge in [-0.3, -0.25) is 9.98 Å². The zero-order valence-electron chi connectivity index (χ0n) is 29.9. The molecule has 0 aliphatic carbocycles. The molecule has 2 aliphatic rings. The summed E-state index contributed by atoms with van der Waals surface area (Å²) in [5.41, 5.74) is 12.4. The molecule has 0 radical (unpaired) electrons. The lowest BCUT2D eigenvalue weighted by molar-refractivity contribution is -0.132. The number of benzene rings is 4. The lowest BCUT2D eigenvalue weighted by Gasteiger charge is -2.15. The molecule has 0 bridgehead atoms. The molecule has 0 fully saturated rings. The fourth-order valence-electron chi connectivity index (χ4n) is 7.40. The molecule has 6 aromatic rings. The molecule has 8 rings (SSSR count). The summed E-state index contributed by atoms with van der Waals surface area (Å²) in [6.07, 6.45) is 9.54. The summed E-state index contributed by atoms with van der Waals surface area (Å²) < 4.78 is 17.8. The molecular weight excluding hydrogens is 692 g/mol. The van der Waals surface area contributed by atoms with Gasteiger partial charge in [0.05, 0.1) is 24.1 Å². The topological polar surface area (TPSA) is 109 Å². The maximum atomic E-state index is 13.5. The van der Waals surface area contributed by atoms with Gasteiger partial charge in [-0.2, -0.15) is 0 Å². The van der Waals surface area contributed by atoms with E-state index in [1.165, 1.54) is 29.8 Å². The molecule has 4 heterocycles. The number of fused-ring (bicyclic) bond motifs is 4. The van der Waals surface area contributed by atoms with Crippen molar-refractivity contribution in [3.63, 3.8) is 0 Å². The lowest BCUT2D eigenvalue weighted by atomic mass is 10.0. The number of aromatic nitrogens is 2. The van der Waals surface area contributed by atoms with Crippen molar-refractivity contribution in [2.75, 3.05) is 0 Å². The second-order valence-corrected chi connectivity index (χ2v) is 13.8. The van der Waals surface area contributed by atoms with E-state index in [9.17, 15) is 14.0 Å². The summed E-state index contributed by atoms with van der Waals surface area (Å²) in [5, 5.41) is 20.3. The third kappa shape index (κ3) is 7.69. The highest BCUT2D eigenvalue weighted by Crippen LogP contribution is 2.39. The first-order valence-corrected chi connectivity index (χ1v) is 17.6. The minimum atomic E-state index is -0.989. The van der Waals surface area contributed by atoms with Crippen molar-refractivity contribution in [1.29, 1.82) is 0 Å². The van der Waals surface area contributed by atoms with Crippen LogP contribution < -0.4 is 0 Å². The van der Waals surface area contributed by atoms with Crippen LogP contribution in [0.3, 0.4) is 0 Å². The summed E-state index contributed by atoms with van der Waals surface area (Å²) >= 11 is 0. The average molecular weight is 739 g/mol. The van der Waals surface area contributed by atoms with Crippen molar-refractivity contribution >= 4 is 58.3 Å². The first kappa shape index (κ1) is 39.8. The van der Waals surface area contributed by atoms with Crippen LogP contribution in [0, 0.1) is 5.82 Å². The first-order chi connectivity index (χ1) is 25.5. The molecule has 0 spiro atoms. The molecule has 55 heavy (non-hydrogen) atoms. The van der Waals surface area contributed by atoms with E-state index in [0.717, 1.165) is 72.4 Å². The van der Waals surface area contributed by atoms with Gasteiger partial charge in [0.15, 0.2) is 0 Å². The smallest absolute Gasteiger partial charge is 0.328 e. The lowest BCUT2D eigenvalue weighted by Crippen LogP contribution is -2.03. The molecule has 9 heteroatoms. The average Bonchev–Trinajstić information content (AvgIpc) is 3.92. The predicted octanol–water partition coefficient (Wildman–Crippen LogP) is 11.0. The highest BCUT2D eigenvalue weighted by Gasteiger charge is 2.23. The maximum Gasteiger partial charge on any atom is 0.328 e. The van der Waals surface area contributed by atoms with Crippen LogP contribution in [-0.4, -0.2) is 43.7 Å². The fraction of sp³-hybridized carbons (Fsp3) is 0.217. The van der Waals surface area contributed by atoms with Crippen LogP contribution in [0.2, 0.25) is 0 Å². The summed E-state index contributed by atoms with van der Waals surface area (Å²) in [7, 11) is 0. The van der Waals surface area contributed by atoms with E-state index in [4.69, 9.17) is 10.2 Å². The van der Waals surface area contributed by atoms with Crippen molar-refractivity contribution in [2.45, 2.75) is 67.5 Å². The number of halogens is 1. The van der Waals surface area contributed by atoms with Gasteiger partial charge in [0.1, 0.15) is 5.82 Å². The Bertz CT molecular complexity index is 2520. The number of hydrogen-bond acceptors (Lipinski definition) is 4. The van der Waals surface area contributed by atoms with Gasteiger partial charge in [-0.25, -0.2) is 14.0 Å². The zero-order valence-corrected chi connectivity index (χ0v) is 29.9. The highest BCUT2D eigenvalue weighted by molar-refractivity contribution is 6.02. The maximum absolute atomic E-state index is 13.5. The Kier molecular flexibility index (Phi) is 11.8. The SMILES string of the molecule is C.C.CC(C)c1c(/C=C/C(=O)O)c2cc3c(cc2n1-c1ccc(F)cc1)C=NC3.CC(C)c1c(/C=C/C(=O)O)c2cc3c(cc2n1-c1ccccc1)C=NC3. The number of carbonyl (C=O) groups is 2. The minimum absolute atomic E-state index is 0. The summed E-state index contributed by atoms with van der Waals surface area (Å²) in [4.78, 5) is 31.0. The summed E-state index contributed by atoms with van der Waals surface area (Å²) in [6, 6.07) is 25.1. The number of carboxylic acid groups (broad SMARTS) is 2. The van der Waals surface area contributed by atoms with Gasteiger partial charge < -0.3 is 19.3 Å². The van der Waals surface area contributed by atoms with Crippen LogP contribution in [0.15, 0.2) is 101 Å². The Morgan fingerprint density at radius 2 is 1.07 bits per heavy atom. The van der Waals surface area contributed by atoms with E-state index in [1.54, 1.807) is 24.3 Å². The van der Waals surface area contributed by atoms with Crippen molar-refractivity contribution in [2.24, 2.45) is 9.98 Å². The van der Waals surface area contributed by atoms with Gasteiger partial charge in [-0.05, 0) is 107 Å². The second-order valence-electron chi connectivity index (χ2n) is 13.8. The van der Waals surface area contributed by atoms with Crippen LogP contribution in [-0.2, 0) is 22.7 Å². The number of para-hydroxylation sites is 1. The molecule has 2 aromatic heterocycles. The van der Waals surface area contributed by atoms with Gasteiger partial charge in [-0.1, -0.05) is 60.7 Å². The number of hydrogen-bond donors (Lipinski definition) is 2. The Balaban J connectivity index is 0.000000204. The standard InChI is InChI=1S/C22H19FN2O2.C22H20N2O2.2CH4/c1-13(2)22-18(7-8-21(26)27)19-9-14-11-24-12-15(14)10-20(19)25(22)17-5-3-16(23)4-6-17;1-14(2)22-18(8-9-21(25)26)19-10-15-12-23-13-16(15)11-20(19)24(22)17-6-4-3-5-7-17;;/h3-10,12-13H,11H2,1-2H3,(H,26,27);3-11,13-14H,12H2,1-2H3,(H,25,26);2*1H4/b8-7+;9-8+;;. The van der Waals surface area contributed by atoms with Crippen molar-refractivity contribution in [1.82, 2.24) is 9.13 Å². The van der Waals surface area contributed by atoms with Crippen LogP contribution >= 0.6 is 0 Å². The Morgan fingerprint density at radius 1 is 0.655 bits per heavy atom. The molecular formula is C46H47FN4O4. The number of nitrogens with zero attached hydrogens (tertiary/aromatic N) is 4. The van der Waals surface area contributed by atoms with Gasteiger partial charge in [0.25, 0.3) is 0 Å². The van der Waals surface area contributed by atoms with Crippen LogP contribution in [0.4, 0.5) is 4.39 Å². The van der Waals surface area contributed by atoms with Crippen LogP contribution in [0.1, 0.15) is 99.2 Å². The molecule has 0 saturated heterocycles. The normalized spacial score (nSPS) is 12.7. The molecule has 8 nitrogen and oxygen atoms in total. The van der Waals surface area contributed by atoms with E-state index >= 15 is 0 Å². The Labute approximate surface area is 321 Å². The van der Waals surface area contributed by atoms with Gasteiger partial charge in [-0.15, -0.1) is 0 Å². The fourth-order valence-corrected chi connectivity index (χ4v) is 7.40. The molecule has 0 unspecified atom stereocenters. The van der Waals surface area contributed by atoms with Crippen molar-refractivity contribution in [3.8, 4) is 11.4 Å². The van der Waals surface area contributed by atoms with E-state index in [-0.39, 0.29) is 32.5 Å². The monoisotopic (exact) mass is 738 g/mol. The van der Waals surface area contributed by atoms with E-state index < -0.39 is 11.9 Å². The van der Waals surface area contributed by atoms with Gasteiger partial charge >= 0.3 is 11.9 Å². The number of aliphatic imine (C=N–C) groups is 2. The molecule has 0 atom stereocenters. The van der Waals surface area contributed by atoms with Crippen molar-refractivity contribution < 1.29 is 24.2 Å². The van der Waals surface area contributed by atoms with Crippen LogP contribution in [0.5, 0.6) is 0 Å². The number of carboxylic acids is 2. The van der Waals surface area contributed by atoms with E-state index in [0.29, 0.717) is 13.1 Å². The van der Waals surface area contributed by atoms with Crippen LogP contribution in [0.25, 0.3) is 45.3 Å². The molecule has 282 valence electrons. The number of rotatable bonds is 8. The molecule has 4 aromatic carbocycles. The summed E-state index contributed by atoms with van der Waals surface area (Å²) in [6.45, 7) is 9.73. The largest absolute Gasteiger partial charge is 0.478 e. The third-order valence-corrected chi connectivity index (χ3v) is 9.57. The number of aliphatic carboxylic acids is 2. The molecule has 0 saturated carbocycles. The van der Waals surface area contributed by atoms with Crippen molar-refractivity contribution in [3.05, 3.63) is 142 Å². The highest BCUT2D eigenvalue weighted by atomic mass is 19.1. The zero-order chi connectivity index (χ0) is 37.4. The quantitative estimate of drug-likeness (QED) is 0.152. The summed E-state index contributed by atoms with van der Waals surface area (Å²) in [5.74, 6) is -1.85. The van der Waals surface area contributed by atoms with E-state index in [1.807, 2.05) is 30.6 Å². The predicted molar refractivity (Wildman–Crippen MR) is 224 cm³/mol. The van der Waals surface area contributed by atoms with Gasteiger partial charge in [0.2, 0.25) is 0 Å².